The molecule has 7 heteroatoms. The minimum Gasteiger partial charge on any atom is -0.341 e. The van der Waals surface area contributed by atoms with Crippen LogP contribution >= 0.6 is 11.8 Å². The minimum absolute atomic E-state index is 0.0121. The molecule has 0 aliphatic rings. The van der Waals surface area contributed by atoms with Crippen LogP contribution in [-0.2, 0) is 17.9 Å². The van der Waals surface area contributed by atoms with Crippen molar-refractivity contribution in [2.24, 2.45) is 0 Å². The standard InChI is InChI=1S/C17H24N4O2S/c1-4-5-10-21-16(23)18-19-17(21)24-12-15(22)20(3)11-14-8-6-13(2)7-9-14/h6-9H,4-5,10-12H2,1-3H3,(H,18,23). The van der Waals surface area contributed by atoms with Crippen molar-refractivity contribution in [3.8, 4) is 0 Å². The Hall–Kier alpha value is -2.02. The summed E-state index contributed by atoms with van der Waals surface area (Å²) in [5.41, 5.74) is 2.08. The lowest BCUT2D eigenvalue weighted by atomic mass is 10.1. The highest BCUT2D eigenvalue weighted by molar-refractivity contribution is 7.99. The van der Waals surface area contributed by atoms with Crippen molar-refractivity contribution in [2.45, 2.75) is 44.9 Å². The van der Waals surface area contributed by atoms with Crippen molar-refractivity contribution in [1.29, 1.82) is 0 Å². The van der Waals surface area contributed by atoms with E-state index >= 15 is 0 Å². The van der Waals surface area contributed by atoms with Gasteiger partial charge in [0.1, 0.15) is 0 Å². The molecule has 0 saturated carbocycles. The molecule has 6 nitrogen and oxygen atoms in total. The zero-order valence-corrected chi connectivity index (χ0v) is 15.2. The zero-order valence-electron chi connectivity index (χ0n) is 14.4. The molecule has 0 aliphatic carbocycles. The molecule has 24 heavy (non-hydrogen) atoms. The fourth-order valence-electron chi connectivity index (χ4n) is 2.22. The molecule has 1 heterocycles. The largest absolute Gasteiger partial charge is 0.343 e. The molecule has 1 amide bonds. The van der Waals surface area contributed by atoms with Crippen LogP contribution in [0.3, 0.4) is 0 Å². The number of amides is 1. The number of unbranched alkanes of at least 4 members (excludes halogenated alkanes) is 1. The van der Waals surface area contributed by atoms with Gasteiger partial charge in [-0.1, -0.05) is 54.9 Å². The quantitative estimate of drug-likeness (QED) is 0.744. The van der Waals surface area contributed by atoms with Gasteiger partial charge in [-0.3, -0.25) is 9.36 Å². The fourth-order valence-corrected chi connectivity index (χ4v) is 3.13. The van der Waals surface area contributed by atoms with Crippen LogP contribution in [0.4, 0.5) is 0 Å². The van der Waals surface area contributed by atoms with Crippen molar-refractivity contribution in [1.82, 2.24) is 19.7 Å². The SMILES string of the molecule is CCCCn1c(SCC(=O)N(C)Cc2ccc(C)cc2)n[nH]c1=O. The number of aromatic nitrogens is 3. The third kappa shape index (κ3) is 4.99. The second-order valence-corrected chi connectivity index (χ2v) is 6.78. The predicted octanol–water partition coefficient (Wildman–Crippen LogP) is 2.43. The Morgan fingerprint density at radius 2 is 2.04 bits per heavy atom. The van der Waals surface area contributed by atoms with Gasteiger partial charge in [-0.2, -0.15) is 0 Å². The lowest BCUT2D eigenvalue weighted by Crippen LogP contribution is -2.28. The molecule has 0 unspecified atom stereocenters. The van der Waals surface area contributed by atoms with Crippen molar-refractivity contribution in [3.05, 3.63) is 45.9 Å². The lowest BCUT2D eigenvalue weighted by Gasteiger charge is -2.17. The van der Waals surface area contributed by atoms with E-state index in [0.717, 1.165) is 18.4 Å². The summed E-state index contributed by atoms with van der Waals surface area (Å²) in [5.74, 6) is 0.275. The number of nitrogens with one attached hydrogen (secondary N) is 1. The first kappa shape index (κ1) is 18.3. The molecular weight excluding hydrogens is 324 g/mol. The van der Waals surface area contributed by atoms with Crippen LogP contribution in [0.5, 0.6) is 0 Å². The molecule has 1 aromatic heterocycles. The Balaban J connectivity index is 1.90. The van der Waals surface area contributed by atoms with E-state index in [1.807, 2.05) is 31.2 Å². The second-order valence-electron chi connectivity index (χ2n) is 5.84. The normalized spacial score (nSPS) is 10.8. The Labute approximate surface area is 146 Å². The van der Waals surface area contributed by atoms with E-state index in [1.54, 1.807) is 16.5 Å². The highest BCUT2D eigenvalue weighted by Crippen LogP contribution is 2.15. The first-order chi connectivity index (χ1) is 11.5. The first-order valence-corrected chi connectivity index (χ1v) is 9.07. The summed E-state index contributed by atoms with van der Waals surface area (Å²) in [6, 6.07) is 8.14. The molecule has 0 fully saturated rings. The molecule has 2 aromatic rings. The van der Waals surface area contributed by atoms with E-state index in [9.17, 15) is 9.59 Å². The average Bonchev–Trinajstić information content (AvgIpc) is 2.92. The van der Waals surface area contributed by atoms with Gasteiger partial charge >= 0.3 is 5.69 Å². The minimum atomic E-state index is -0.216. The number of rotatable bonds is 8. The van der Waals surface area contributed by atoms with Crippen LogP contribution in [0.2, 0.25) is 0 Å². The molecule has 0 atom stereocenters. The predicted molar refractivity (Wildman–Crippen MR) is 96.1 cm³/mol. The lowest BCUT2D eigenvalue weighted by molar-refractivity contribution is -0.127. The van der Waals surface area contributed by atoms with Crippen molar-refractivity contribution in [2.75, 3.05) is 12.8 Å². The van der Waals surface area contributed by atoms with Crippen molar-refractivity contribution in [3.63, 3.8) is 0 Å². The number of carbonyl (C=O) groups excluding carboxylic acids is 1. The highest BCUT2D eigenvalue weighted by atomic mass is 32.2. The summed E-state index contributed by atoms with van der Waals surface area (Å²) in [7, 11) is 1.79. The summed E-state index contributed by atoms with van der Waals surface area (Å²) in [5, 5.41) is 7.04. The summed E-state index contributed by atoms with van der Waals surface area (Å²) in [4.78, 5) is 25.7. The molecule has 130 valence electrons. The van der Waals surface area contributed by atoms with E-state index in [-0.39, 0.29) is 17.3 Å². The number of nitrogens with zero attached hydrogens (tertiary/aromatic N) is 3. The Kier molecular flexibility index (Phi) is 6.66. The number of carbonyl (C=O) groups is 1. The van der Waals surface area contributed by atoms with Gasteiger partial charge in [0.2, 0.25) is 5.91 Å². The number of aromatic amines is 1. The van der Waals surface area contributed by atoms with Gasteiger partial charge in [0.05, 0.1) is 5.75 Å². The van der Waals surface area contributed by atoms with E-state index in [2.05, 4.69) is 17.1 Å². The van der Waals surface area contributed by atoms with Crippen molar-refractivity contribution < 1.29 is 4.79 Å². The molecule has 1 aromatic carbocycles. The van der Waals surface area contributed by atoms with Gasteiger partial charge in [0.15, 0.2) is 5.16 Å². The molecule has 0 bridgehead atoms. The van der Waals surface area contributed by atoms with Crippen molar-refractivity contribution >= 4 is 17.7 Å². The number of benzene rings is 1. The maximum Gasteiger partial charge on any atom is 0.343 e. The van der Waals surface area contributed by atoms with Crippen LogP contribution in [-0.4, -0.2) is 38.4 Å². The van der Waals surface area contributed by atoms with Crippen LogP contribution in [0, 0.1) is 6.92 Å². The number of thioether (sulfide) groups is 1. The van der Waals surface area contributed by atoms with Crippen LogP contribution in [0.15, 0.2) is 34.2 Å². The number of aryl methyl sites for hydroxylation is 1. The van der Waals surface area contributed by atoms with Crippen LogP contribution in [0.25, 0.3) is 0 Å². The van der Waals surface area contributed by atoms with Gasteiger partial charge in [-0.25, -0.2) is 9.89 Å². The van der Waals surface area contributed by atoms with Crippen LogP contribution < -0.4 is 5.69 Å². The number of hydrogen-bond donors (Lipinski definition) is 1. The summed E-state index contributed by atoms with van der Waals surface area (Å²) < 4.78 is 1.60. The van der Waals surface area contributed by atoms with Gasteiger partial charge in [-0.05, 0) is 18.9 Å². The van der Waals surface area contributed by atoms with E-state index < -0.39 is 0 Å². The summed E-state index contributed by atoms with van der Waals surface area (Å²) >= 11 is 1.30. The molecular formula is C17H24N4O2S. The third-order valence-electron chi connectivity index (χ3n) is 3.75. The van der Waals surface area contributed by atoms with Gasteiger partial charge in [0.25, 0.3) is 0 Å². The molecule has 0 aliphatic heterocycles. The topological polar surface area (TPSA) is 71.0 Å². The molecule has 2 rings (SSSR count). The van der Waals surface area contributed by atoms with E-state index in [0.29, 0.717) is 18.2 Å². The fraction of sp³-hybridized carbons (Fsp3) is 0.471. The Bertz CT molecular complexity index is 721. The zero-order chi connectivity index (χ0) is 17.5. The first-order valence-electron chi connectivity index (χ1n) is 8.08. The van der Waals surface area contributed by atoms with E-state index in [4.69, 9.17) is 0 Å². The Morgan fingerprint density at radius 3 is 2.71 bits per heavy atom. The number of hydrogen-bond acceptors (Lipinski definition) is 4. The third-order valence-corrected chi connectivity index (χ3v) is 4.71. The molecule has 0 saturated heterocycles. The maximum atomic E-state index is 12.3. The summed E-state index contributed by atoms with van der Waals surface area (Å²) in [6.45, 7) is 5.31. The molecule has 0 radical (unpaired) electrons. The van der Waals surface area contributed by atoms with Gasteiger partial charge in [-0.15, -0.1) is 5.10 Å². The number of H-pyrrole nitrogens is 1. The monoisotopic (exact) mass is 348 g/mol. The van der Waals surface area contributed by atoms with Gasteiger partial charge in [0, 0.05) is 20.1 Å². The molecule has 1 N–H and O–H groups in total. The maximum absolute atomic E-state index is 12.3. The van der Waals surface area contributed by atoms with Gasteiger partial charge < -0.3 is 4.90 Å². The van der Waals surface area contributed by atoms with E-state index in [1.165, 1.54) is 17.3 Å². The average molecular weight is 348 g/mol. The smallest absolute Gasteiger partial charge is 0.341 e. The summed E-state index contributed by atoms with van der Waals surface area (Å²) in [6.07, 6.45) is 1.91. The Morgan fingerprint density at radius 1 is 1.33 bits per heavy atom. The molecule has 0 spiro atoms. The van der Waals surface area contributed by atoms with Crippen LogP contribution in [0.1, 0.15) is 30.9 Å². The highest BCUT2D eigenvalue weighted by Gasteiger charge is 2.14. The second kappa shape index (κ2) is 8.73.